The number of halogens is 1. The monoisotopic (exact) mass is 533 g/mol. The molecular formula is C23H20ClN3O4S3. The number of aromatic nitrogens is 2. The van der Waals surface area contributed by atoms with Crippen LogP contribution in [0.2, 0.25) is 5.02 Å². The first kappa shape index (κ1) is 23.3. The summed E-state index contributed by atoms with van der Waals surface area (Å²) in [6.07, 6.45) is 3.86. The fourth-order valence-corrected chi connectivity index (χ4v) is 7.16. The molecule has 0 saturated carbocycles. The number of hydrogen-bond donors (Lipinski definition) is 1. The van der Waals surface area contributed by atoms with Gasteiger partial charge in [0, 0.05) is 15.0 Å². The Kier molecular flexibility index (Phi) is 6.91. The van der Waals surface area contributed by atoms with Crippen molar-refractivity contribution < 1.29 is 18.7 Å². The standard InChI is InChI=1S/C23H20ClN3O4S3/c1-2-30-22(29)17-12-7-3-5-9-14(12)34-21(17)25-16(28)11-32-23-27-26-20(31-23)19-18(24)13-8-4-6-10-15(13)33-19/h4,6,8,10H,2-3,5,7,9,11H2,1H3,(H,25,28). The Morgan fingerprint density at radius 1 is 1.21 bits per heavy atom. The topological polar surface area (TPSA) is 94.3 Å². The molecule has 11 heteroatoms. The van der Waals surface area contributed by atoms with Gasteiger partial charge in [-0.1, -0.05) is 41.6 Å². The molecule has 0 atom stereocenters. The van der Waals surface area contributed by atoms with Crippen LogP contribution in [0.25, 0.3) is 20.9 Å². The molecular weight excluding hydrogens is 514 g/mol. The van der Waals surface area contributed by atoms with Gasteiger partial charge in [-0.05, 0) is 44.2 Å². The summed E-state index contributed by atoms with van der Waals surface area (Å²) in [5.74, 6) is -0.253. The van der Waals surface area contributed by atoms with Crippen LogP contribution in [-0.4, -0.2) is 34.4 Å². The summed E-state index contributed by atoms with van der Waals surface area (Å²) in [7, 11) is 0. The first-order chi connectivity index (χ1) is 16.5. The Hall–Kier alpha value is -2.40. The first-order valence-corrected chi connectivity index (χ1v) is 13.8. The Labute approximate surface area is 212 Å². The summed E-state index contributed by atoms with van der Waals surface area (Å²) in [4.78, 5) is 27.1. The lowest BCUT2D eigenvalue weighted by Crippen LogP contribution is -2.17. The van der Waals surface area contributed by atoms with Crippen molar-refractivity contribution in [1.29, 1.82) is 0 Å². The van der Waals surface area contributed by atoms with E-state index in [4.69, 9.17) is 20.8 Å². The molecule has 1 aromatic carbocycles. The number of thioether (sulfide) groups is 1. The number of rotatable bonds is 7. The number of nitrogens with zero attached hydrogens (tertiary/aromatic N) is 2. The molecule has 1 N–H and O–H groups in total. The van der Waals surface area contributed by atoms with Crippen LogP contribution in [0.3, 0.4) is 0 Å². The van der Waals surface area contributed by atoms with E-state index in [0.29, 0.717) is 26.4 Å². The van der Waals surface area contributed by atoms with Crippen molar-refractivity contribution in [3.8, 4) is 10.8 Å². The normalized spacial score (nSPS) is 13.1. The number of fused-ring (bicyclic) bond motifs is 2. The molecule has 3 aromatic heterocycles. The summed E-state index contributed by atoms with van der Waals surface area (Å²) in [6.45, 7) is 2.06. The van der Waals surface area contributed by atoms with Crippen LogP contribution in [0.15, 0.2) is 33.9 Å². The van der Waals surface area contributed by atoms with Crippen molar-refractivity contribution in [2.45, 2.75) is 37.8 Å². The van der Waals surface area contributed by atoms with E-state index in [1.54, 1.807) is 6.92 Å². The Morgan fingerprint density at radius 2 is 2.03 bits per heavy atom. The van der Waals surface area contributed by atoms with Crippen LogP contribution >= 0.6 is 46.0 Å². The number of aryl methyl sites for hydroxylation is 1. The summed E-state index contributed by atoms with van der Waals surface area (Å²) in [5.41, 5.74) is 1.51. The second kappa shape index (κ2) is 10.1. The predicted octanol–water partition coefficient (Wildman–Crippen LogP) is 6.45. The second-order valence-corrected chi connectivity index (χ2v) is 11.0. The highest BCUT2D eigenvalue weighted by Crippen LogP contribution is 2.42. The van der Waals surface area contributed by atoms with Crippen LogP contribution in [0.4, 0.5) is 5.00 Å². The molecule has 0 spiro atoms. The molecule has 1 amide bonds. The number of carbonyl (C=O) groups is 2. The quantitative estimate of drug-likeness (QED) is 0.215. The molecule has 0 radical (unpaired) electrons. The molecule has 0 fully saturated rings. The average Bonchev–Trinajstić information content (AvgIpc) is 3.53. The van der Waals surface area contributed by atoms with Crippen LogP contribution in [0.5, 0.6) is 0 Å². The van der Waals surface area contributed by atoms with E-state index in [-0.39, 0.29) is 29.5 Å². The fourth-order valence-electron chi connectivity index (χ4n) is 3.87. The molecule has 0 bridgehead atoms. The number of anilines is 1. The van der Waals surface area contributed by atoms with Gasteiger partial charge in [-0.3, -0.25) is 4.79 Å². The van der Waals surface area contributed by atoms with E-state index in [1.807, 2.05) is 24.3 Å². The van der Waals surface area contributed by atoms with E-state index >= 15 is 0 Å². The van der Waals surface area contributed by atoms with E-state index < -0.39 is 0 Å². The molecule has 0 saturated heterocycles. The predicted molar refractivity (Wildman–Crippen MR) is 136 cm³/mol. The van der Waals surface area contributed by atoms with E-state index in [2.05, 4.69) is 15.5 Å². The third-order valence-electron chi connectivity index (χ3n) is 5.37. The first-order valence-electron chi connectivity index (χ1n) is 10.8. The van der Waals surface area contributed by atoms with Crippen molar-refractivity contribution >= 4 is 73.0 Å². The number of amides is 1. The van der Waals surface area contributed by atoms with Gasteiger partial charge >= 0.3 is 5.97 Å². The fraction of sp³-hybridized carbons (Fsp3) is 0.304. The summed E-state index contributed by atoms with van der Waals surface area (Å²) >= 11 is 10.6. The van der Waals surface area contributed by atoms with Gasteiger partial charge in [-0.25, -0.2) is 4.79 Å². The number of benzene rings is 1. The molecule has 1 aliphatic rings. The number of nitrogens with one attached hydrogen (secondary N) is 1. The van der Waals surface area contributed by atoms with Gasteiger partial charge < -0.3 is 14.5 Å². The molecule has 7 nitrogen and oxygen atoms in total. The average molecular weight is 534 g/mol. The summed E-state index contributed by atoms with van der Waals surface area (Å²) in [6, 6.07) is 7.81. The van der Waals surface area contributed by atoms with Gasteiger partial charge in [-0.2, -0.15) is 0 Å². The maximum atomic E-state index is 12.7. The molecule has 5 rings (SSSR count). The van der Waals surface area contributed by atoms with Crippen molar-refractivity contribution in [2.24, 2.45) is 0 Å². The van der Waals surface area contributed by atoms with E-state index in [0.717, 1.165) is 58.0 Å². The number of thiophene rings is 2. The highest BCUT2D eigenvalue weighted by atomic mass is 35.5. The number of hydrogen-bond acceptors (Lipinski definition) is 9. The minimum atomic E-state index is -0.383. The van der Waals surface area contributed by atoms with Crippen molar-refractivity contribution in [3.05, 3.63) is 45.3 Å². The highest BCUT2D eigenvalue weighted by Gasteiger charge is 2.27. The Bertz CT molecular complexity index is 1380. The van der Waals surface area contributed by atoms with Gasteiger partial charge in [0.05, 0.1) is 22.9 Å². The van der Waals surface area contributed by atoms with Gasteiger partial charge in [0.2, 0.25) is 5.91 Å². The van der Waals surface area contributed by atoms with E-state index in [9.17, 15) is 9.59 Å². The van der Waals surface area contributed by atoms with Gasteiger partial charge in [0.25, 0.3) is 11.1 Å². The zero-order valence-corrected chi connectivity index (χ0v) is 21.4. The third-order valence-corrected chi connectivity index (χ3v) is 9.06. The summed E-state index contributed by atoms with van der Waals surface area (Å²) in [5, 5.41) is 13.4. The molecule has 4 aromatic rings. The van der Waals surface area contributed by atoms with Crippen molar-refractivity contribution in [3.63, 3.8) is 0 Å². The second-order valence-electron chi connectivity index (χ2n) is 7.59. The zero-order valence-electron chi connectivity index (χ0n) is 18.2. The van der Waals surface area contributed by atoms with Crippen molar-refractivity contribution in [1.82, 2.24) is 10.2 Å². The van der Waals surface area contributed by atoms with Crippen LogP contribution in [0.1, 0.15) is 40.6 Å². The molecule has 1 aliphatic carbocycles. The molecule has 0 aliphatic heterocycles. The van der Waals surface area contributed by atoms with Gasteiger partial charge in [0.1, 0.15) is 9.88 Å². The number of carbonyl (C=O) groups excluding carboxylic acids is 2. The molecule has 34 heavy (non-hydrogen) atoms. The Balaban J connectivity index is 1.28. The van der Waals surface area contributed by atoms with E-state index in [1.165, 1.54) is 22.7 Å². The lowest BCUT2D eigenvalue weighted by molar-refractivity contribution is -0.113. The lowest BCUT2D eigenvalue weighted by atomic mass is 9.95. The number of esters is 1. The molecule has 3 heterocycles. The molecule has 176 valence electrons. The zero-order chi connectivity index (χ0) is 23.7. The van der Waals surface area contributed by atoms with Crippen LogP contribution in [0, 0.1) is 0 Å². The Morgan fingerprint density at radius 3 is 2.85 bits per heavy atom. The largest absolute Gasteiger partial charge is 0.462 e. The summed E-state index contributed by atoms with van der Waals surface area (Å²) < 4.78 is 12.0. The smallest absolute Gasteiger partial charge is 0.341 e. The van der Waals surface area contributed by atoms with Gasteiger partial charge in [-0.15, -0.1) is 32.9 Å². The minimum Gasteiger partial charge on any atom is -0.462 e. The van der Waals surface area contributed by atoms with Gasteiger partial charge in [0.15, 0.2) is 0 Å². The maximum Gasteiger partial charge on any atom is 0.341 e. The molecule has 0 unspecified atom stereocenters. The van der Waals surface area contributed by atoms with Crippen molar-refractivity contribution in [2.75, 3.05) is 17.7 Å². The van der Waals surface area contributed by atoms with Crippen LogP contribution in [-0.2, 0) is 22.4 Å². The maximum absolute atomic E-state index is 12.7. The van der Waals surface area contributed by atoms with Crippen LogP contribution < -0.4 is 5.32 Å². The third kappa shape index (κ3) is 4.59. The lowest BCUT2D eigenvalue weighted by Gasteiger charge is -2.12. The number of ether oxygens (including phenoxy) is 1. The SMILES string of the molecule is CCOC(=O)c1c(NC(=O)CSc2nnc(-c3sc4ccccc4c3Cl)o2)sc2c1CCCC2. The minimum absolute atomic E-state index is 0.0621. The highest BCUT2D eigenvalue weighted by molar-refractivity contribution is 7.99.